The van der Waals surface area contributed by atoms with E-state index < -0.39 is 17.8 Å². The van der Waals surface area contributed by atoms with Crippen molar-refractivity contribution >= 4 is 85.6 Å². The second-order valence-electron chi connectivity index (χ2n) is 6.61. The highest BCUT2D eigenvalue weighted by atomic mass is 127. The van der Waals surface area contributed by atoms with Gasteiger partial charge in [0.15, 0.2) is 0 Å². The molecule has 1 aliphatic heterocycles. The Morgan fingerprint density at radius 2 is 1.64 bits per heavy atom. The molecule has 1 aromatic rings. The number of aromatic hydroxyl groups is 1. The number of carbonyl (C=O) groups excluding carboxylic acids is 3. The van der Waals surface area contributed by atoms with Crippen LogP contribution in [0.3, 0.4) is 0 Å². The average Bonchev–Trinajstić information content (AvgIpc) is 3.22. The summed E-state index contributed by atoms with van der Waals surface area (Å²) in [4.78, 5) is 43.1. The van der Waals surface area contributed by atoms with E-state index in [0.717, 1.165) is 19.3 Å². The summed E-state index contributed by atoms with van der Waals surface area (Å²) in [6.07, 6.45) is 2.86. The smallest absolute Gasteiger partial charge is 0.366 e. The first-order valence-corrected chi connectivity index (χ1v) is 11.0. The van der Waals surface area contributed by atoms with Crippen LogP contribution in [0.1, 0.15) is 29.6 Å². The normalized spacial score (nSPS) is 30.1. The summed E-state index contributed by atoms with van der Waals surface area (Å²) >= 11 is 5.81. The van der Waals surface area contributed by atoms with Crippen molar-refractivity contribution < 1.29 is 24.3 Å². The molecule has 6 nitrogen and oxygen atoms in total. The molecule has 25 heavy (non-hydrogen) atoms. The summed E-state index contributed by atoms with van der Waals surface area (Å²) in [7, 11) is 0. The minimum atomic E-state index is -0.797. The van der Waals surface area contributed by atoms with Gasteiger partial charge in [0.05, 0.1) is 24.5 Å². The molecule has 9 heteroatoms. The van der Waals surface area contributed by atoms with Crippen molar-refractivity contribution in [1.29, 1.82) is 0 Å². The number of fused-ring (bicyclic) bond motifs is 5. The van der Waals surface area contributed by atoms with Crippen molar-refractivity contribution in [3.63, 3.8) is 0 Å². The molecule has 0 radical (unpaired) electrons. The maximum absolute atomic E-state index is 12.6. The van der Waals surface area contributed by atoms with Crippen LogP contribution < -0.4 is 0 Å². The minimum Gasteiger partial charge on any atom is -0.506 e. The number of nitrogens with zero attached hydrogens (tertiary/aromatic N) is 1. The monoisotopic (exact) mass is 679 g/mol. The van der Waals surface area contributed by atoms with Crippen LogP contribution in [0, 0.1) is 34.4 Å². The first-order chi connectivity index (χ1) is 11.8. The van der Waals surface area contributed by atoms with Crippen molar-refractivity contribution in [2.24, 2.45) is 23.7 Å². The Hall–Kier alpha value is -0.180. The first kappa shape index (κ1) is 18.2. The number of hydrogen-bond acceptors (Lipinski definition) is 5. The number of phenols is 1. The zero-order valence-corrected chi connectivity index (χ0v) is 19.1. The first-order valence-electron chi connectivity index (χ1n) is 7.77. The van der Waals surface area contributed by atoms with E-state index in [-0.39, 0.29) is 35.0 Å². The van der Waals surface area contributed by atoms with E-state index in [0.29, 0.717) is 15.8 Å². The summed E-state index contributed by atoms with van der Waals surface area (Å²) < 4.78 is 1.55. The lowest BCUT2D eigenvalue weighted by Crippen LogP contribution is -2.35. The number of carbonyl (C=O) groups is 3. The Bertz CT molecular complexity index is 798. The van der Waals surface area contributed by atoms with E-state index in [9.17, 15) is 19.5 Å². The van der Waals surface area contributed by atoms with E-state index in [1.807, 2.05) is 67.8 Å². The highest BCUT2D eigenvalue weighted by molar-refractivity contribution is 14.1. The van der Waals surface area contributed by atoms with E-state index >= 15 is 0 Å². The van der Waals surface area contributed by atoms with Crippen LogP contribution >= 0.6 is 67.8 Å². The molecule has 4 rings (SSSR count). The lowest BCUT2D eigenvalue weighted by atomic mass is 9.81. The summed E-state index contributed by atoms with van der Waals surface area (Å²) in [6.45, 7) is 0. The number of benzene rings is 1. The number of hydrogen-bond donors (Lipinski definition) is 1. The summed E-state index contributed by atoms with van der Waals surface area (Å²) in [5.74, 6) is -1.79. The van der Waals surface area contributed by atoms with Gasteiger partial charge in [0, 0.05) is 3.57 Å². The fourth-order valence-electron chi connectivity index (χ4n) is 4.37. The molecule has 3 aliphatic rings. The molecule has 2 aliphatic carbocycles. The number of hydroxylamine groups is 2. The van der Waals surface area contributed by atoms with Crippen LogP contribution in [0.15, 0.2) is 6.07 Å². The maximum Gasteiger partial charge on any atom is 0.366 e. The van der Waals surface area contributed by atoms with E-state index in [1.165, 1.54) is 0 Å². The summed E-state index contributed by atoms with van der Waals surface area (Å²) in [5, 5.41) is 10.7. The van der Waals surface area contributed by atoms with Crippen molar-refractivity contribution in [2.75, 3.05) is 0 Å². The molecule has 1 heterocycles. The number of amides is 2. The average molecular weight is 679 g/mol. The van der Waals surface area contributed by atoms with Crippen LogP contribution in [-0.2, 0) is 14.4 Å². The largest absolute Gasteiger partial charge is 0.506 e. The molecule has 2 amide bonds. The third-order valence-corrected chi connectivity index (χ3v) is 8.13. The lowest BCUT2D eigenvalue weighted by molar-refractivity contribution is -0.175. The number of rotatable bonds is 2. The van der Waals surface area contributed by atoms with Crippen molar-refractivity contribution in [2.45, 2.75) is 19.3 Å². The van der Waals surface area contributed by atoms with Gasteiger partial charge in [-0.05, 0) is 105 Å². The SMILES string of the molecule is O=C(ON1C(=O)C2C3CCC(C3)C2C1=O)c1c(I)cc(I)c(O)c1I. The number of imide groups is 1. The van der Waals surface area contributed by atoms with Gasteiger partial charge in [0.2, 0.25) is 0 Å². The molecule has 4 unspecified atom stereocenters. The van der Waals surface area contributed by atoms with Crippen molar-refractivity contribution in [3.05, 3.63) is 22.3 Å². The van der Waals surface area contributed by atoms with Gasteiger partial charge in [0.1, 0.15) is 5.75 Å². The van der Waals surface area contributed by atoms with Gasteiger partial charge in [-0.1, -0.05) is 0 Å². The molecule has 0 aromatic heterocycles. The van der Waals surface area contributed by atoms with E-state index in [1.54, 1.807) is 6.07 Å². The third kappa shape index (κ3) is 2.70. The van der Waals surface area contributed by atoms with Crippen molar-refractivity contribution in [3.8, 4) is 5.75 Å². The zero-order chi connectivity index (χ0) is 18.0. The number of halogens is 3. The molecule has 1 N–H and O–H groups in total. The Morgan fingerprint density at radius 1 is 1.08 bits per heavy atom. The second-order valence-corrected chi connectivity index (χ2v) is 10.0. The Morgan fingerprint density at radius 3 is 2.20 bits per heavy atom. The Kier molecular flexibility index (Phi) is 4.70. The van der Waals surface area contributed by atoms with Crippen LogP contribution in [-0.4, -0.2) is 28.0 Å². The molecule has 0 spiro atoms. The van der Waals surface area contributed by atoms with E-state index in [2.05, 4.69) is 0 Å². The summed E-state index contributed by atoms with van der Waals surface area (Å²) in [5.41, 5.74) is 0.166. The second kappa shape index (κ2) is 6.46. The number of phenolic OH excluding ortho intramolecular Hbond substituents is 1. The molecular weight excluding hydrogens is 667 g/mol. The highest BCUT2D eigenvalue weighted by Gasteiger charge is 2.62. The van der Waals surface area contributed by atoms with Gasteiger partial charge >= 0.3 is 5.97 Å². The predicted molar refractivity (Wildman–Crippen MR) is 111 cm³/mol. The van der Waals surface area contributed by atoms with Crippen LogP contribution in [0.25, 0.3) is 0 Å². The standard InChI is InChI=1S/C16H12I3NO5/c17-7-4-8(18)13(21)12(19)11(7)16(24)25-20-14(22)9-5-1-2-6(3-5)10(9)15(20)23/h4-6,9-10,21H,1-3H2. The predicted octanol–water partition coefficient (Wildman–Crippen LogP) is 3.31. The summed E-state index contributed by atoms with van der Waals surface area (Å²) in [6, 6.07) is 1.65. The molecule has 2 bridgehead atoms. The van der Waals surface area contributed by atoms with E-state index in [4.69, 9.17) is 4.84 Å². The van der Waals surface area contributed by atoms with Gasteiger partial charge < -0.3 is 9.94 Å². The zero-order valence-electron chi connectivity index (χ0n) is 12.7. The maximum atomic E-state index is 12.6. The van der Waals surface area contributed by atoms with Gasteiger partial charge in [-0.3, -0.25) is 9.59 Å². The molecule has 3 fully saturated rings. The van der Waals surface area contributed by atoms with Gasteiger partial charge in [0.25, 0.3) is 11.8 Å². The third-order valence-electron chi connectivity index (χ3n) is 5.41. The van der Waals surface area contributed by atoms with Gasteiger partial charge in [-0.2, -0.15) is 0 Å². The minimum absolute atomic E-state index is 0.0115. The topological polar surface area (TPSA) is 83.9 Å². The van der Waals surface area contributed by atoms with Crippen LogP contribution in [0.5, 0.6) is 5.75 Å². The molecule has 4 atom stereocenters. The molecule has 1 aromatic carbocycles. The quantitative estimate of drug-likeness (QED) is 0.384. The lowest BCUT2D eigenvalue weighted by Gasteiger charge is -2.18. The molecule has 1 saturated heterocycles. The fourth-order valence-corrected chi connectivity index (χ4v) is 8.18. The van der Waals surface area contributed by atoms with Crippen LogP contribution in [0.2, 0.25) is 0 Å². The van der Waals surface area contributed by atoms with Gasteiger partial charge in [-0.25, -0.2) is 4.79 Å². The molecule has 132 valence electrons. The fraction of sp³-hybridized carbons (Fsp3) is 0.438. The molecular formula is C16H12I3NO5. The molecule has 2 saturated carbocycles. The van der Waals surface area contributed by atoms with Gasteiger partial charge in [-0.15, -0.1) is 5.06 Å². The van der Waals surface area contributed by atoms with Crippen molar-refractivity contribution in [1.82, 2.24) is 5.06 Å². The Labute approximate surface area is 184 Å². The Balaban J connectivity index is 1.61. The highest BCUT2D eigenvalue weighted by Crippen LogP contribution is 2.56. The van der Waals surface area contributed by atoms with Crippen LogP contribution in [0.4, 0.5) is 0 Å².